The first kappa shape index (κ1) is 20.7. The molecule has 5 heteroatoms. The van der Waals surface area contributed by atoms with E-state index in [1.165, 1.54) is 6.08 Å². The van der Waals surface area contributed by atoms with Crippen molar-refractivity contribution in [2.75, 3.05) is 12.4 Å². The second-order valence-electron chi connectivity index (χ2n) is 6.45. The number of hydrogen-bond acceptors (Lipinski definition) is 3. The lowest BCUT2D eigenvalue weighted by Crippen LogP contribution is -2.08. The number of aryl methyl sites for hydroxylation is 1. The Morgan fingerprint density at radius 2 is 1.79 bits per heavy atom. The molecule has 1 N–H and O–H groups in total. The predicted molar refractivity (Wildman–Crippen MR) is 120 cm³/mol. The van der Waals surface area contributed by atoms with Crippen molar-refractivity contribution < 1.29 is 14.3 Å². The standard InChI is InChI=1S/C24H22BrNO3/c1-17-8-6-7-11-21(17)26-23(27)13-12-19-14-20(25)24(22(15-19)28-2)29-16-18-9-4-3-5-10-18/h3-15H,16H2,1-2H3,(H,26,27). The van der Waals surface area contributed by atoms with Crippen LogP contribution in [0.4, 0.5) is 5.69 Å². The Balaban J connectivity index is 1.71. The van der Waals surface area contributed by atoms with Gasteiger partial charge < -0.3 is 14.8 Å². The number of anilines is 1. The fraction of sp³-hybridized carbons (Fsp3) is 0.125. The number of rotatable bonds is 7. The van der Waals surface area contributed by atoms with Crippen LogP contribution in [0.25, 0.3) is 6.08 Å². The minimum atomic E-state index is -0.196. The van der Waals surface area contributed by atoms with E-state index in [4.69, 9.17) is 9.47 Å². The molecular formula is C24H22BrNO3. The van der Waals surface area contributed by atoms with Crippen LogP contribution >= 0.6 is 15.9 Å². The molecule has 0 aliphatic carbocycles. The highest BCUT2D eigenvalue weighted by atomic mass is 79.9. The lowest BCUT2D eigenvalue weighted by Gasteiger charge is -2.13. The van der Waals surface area contributed by atoms with Gasteiger partial charge in [-0.2, -0.15) is 0 Å². The van der Waals surface area contributed by atoms with Gasteiger partial charge in [-0.1, -0.05) is 48.5 Å². The summed E-state index contributed by atoms with van der Waals surface area (Å²) in [6.45, 7) is 2.39. The van der Waals surface area contributed by atoms with E-state index in [0.717, 1.165) is 26.9 Å². The Morgan fingerprint density at radius 1 is 1.07 bits per heavy atom. The van der Waals surface area contributed by atoms with Gasteiger partial charge in [0.05, 0.1) is 11.6 Å². The number of hydrogen-bond donors (Lipinski definition) is 1. The normalized spacial score (nSPS) is 10.7. The molecule has 148 valence electrons. The lowest BCUT2D eigenvalue weighted by atomic mass is 10.1. The monoisotopic (exact) mass is 451 g/mol. The number of para-hydroxylation sites is 1. The number of carbonyl (C=O) groups excluding carboxylic acids is 1. The van der Waals surface area contributed by atoms with Gasteiger partial charge in [-0.05, 0) is 63.8 Å². The highest BCUT2D eigenvalue weighted by Gasteiger charge is 2.11. The van der Waals surface area contributed by atoms with Crippen molar-refractivity contribution in [3.63, 3.8) is 0 Å². The van der Waals surface area contributed by atoms with Crippen molar-refractivity contribution >= 4 is 33.6 Å². The maximum absolute atomic E-state index is 12.2. The van der Waals surface area contributed by atoms with E-state index in [9.17, 15) is 4.79 Å². The van der Waals surface area contributed by atoms with Gasteiger partial charge in [0.1, 0.15) is 6.61 Å². The highest BCUT2D eigenvalue weighted by Crippen LogP contribution is 2.37. The first-order chi connectivity index (χ1) is 14.1. The Bertz CT molecular complexity index is 1020. The summed E-state index contributed by atoms with van der Waals surface area (Å²) in [5.74, 6) is 1.02. The molecule has 0 spiro atoms. The van der Waals surface area contributed by atoms with E-state index in [1.807, 2.05) is 73.7 Å². The van der Waals surface area contributed by atoms with Crippen LogP contribution < -0.4 is 14.8 Å². The van der Waals surface area contributed by atoms with Gasteiger partial charge in [-0.15, -0.1) is 0 Å². The van der Waals surface area contributed by atoms with Crippen LogP contribution in [-0.4, -0.2) is 13.0 Å². The van der Waals surface area contributed by atoms with E-state index in [0.29, 0.717) is 18.1 Å². The zero-order valence-electron chi connectivity index (χ0n) is 16.3. The third kappa shape index (κ3) is 5.72. The van der Waals surface area contributed by atoms with Crippen molar-refractivity contribution in [2.45, 2.75) is 13.5 Å². The molecule has 0 aliphatic heterocycles. The van der Waals surface area contributed by atoms with Crippen LogP contribution in [0.1, 0.15) is 16.7 Å². The number of halogens is 1. The Labute approximate surface area is 179 Å². The maximum Gasteiger partial charge on any atom is 0.248 e. The van der Waals surface area contributed by atoms with Gasteiger partial charge in [-0.25, -0.2) is 0 Å². The van der Waals surface area contributed by atoms with Crippen molar-refractivity contribution in [3.05, 3.63) is 94.0 Å². The minimum absolute atomic E-state index is 0.196. The molecule has 3 aromatic rings. The van der Waals surface area contributed by atoms with Crippen molar-refractivity contribution in [1.29, 1.82) is 0 Å². The molecule has 3 aromatic carbocycles. The van der Waals surface area contributed by atoms with Gasteiger partial charge in [0.25, 0.3) is 0 Å². The molecule has 0 unspecified atom stereocenters. The van der Waals surface area contributed by atoms with E-state index < -0.39 is 0 Å². The molecule has 29 heavy (non-hydrogen) atoms. The highest BCUT2D eigenvalue weighted by molar-refractivity contribution is 9.10. The number of carbonyl (C=O) groups is 1. The zero-order chi connectivity index (χ0) is 20.6. The smallest absolute Gasteiger partial charge is 0.248 e. The number of ether oxygens (including phenoxy) is 2. The molecule has 0 saturated carbocycles. The Morgan fingerprint density at radius 3 is 2.52 bits per heavy atom. The third-order valence-corrected chi connectivity index (χ3v) is 4.90. The van der Waals surface area contributed by atoms with E-state index in [1.54, 1.807) is 13.2 Å². The summed E-state index contributed by atoms with van der Waals surface area (Å²) >= 11 is 3.54. The average molecular weight is 452 g/mol. The largest absolute Gasteiger partial charge is 0.493 e. The summed E-state index contributed by atoms with van der Waals surface area (Å²) < 4.78 is 12.2. The Hall–Kier alpha value is -3.05. The van der Waals surface area contributed by atoms with Crippen LogP contribution in [0.2, 0.25) is 0 Å². The average Bonchev–Trinajstić information content (AvgIpc) is 2.73. The Kier molecular flexibility index (Phi) is 7.09. The van der Waals surface area contributed by atoms with E-state index in [-0.39, 0.29) is 5.91 Å². The fourth-order valence-corrected chi connectivity index (χ4v) is 3.34. The van der Waals surface area contributed by atoms with Crippen molar-refractivity contribution in [1.82, 2.24) is 0 Å². The number of methoxy groups -OCH3 is 1. The van der Waals surface area contributed by atoms with Gasteiger partial charge >= 0.3 is 0 Å². The predicted octanol–water partition coefficient (Wildman–Crippen LogP) is 6.00. The van der Waals surface area contributed by atoms with Crippen LogP contribution in [0.5, 0.6) is 11.5 Å². The van der Waals surface area contributed by atoms with Crippen molar-refractivity contribution in [3.8, 4) is 11.5 Å². The SMILES string of the molecule is COc1cc(C=CC(=O)Nc2ccccc2C)cc(Br)c1OCc1ccccc1. The summed E-state index contributed by atoms with van der Waals surface area (Å²) in [5.41, 5.74) is 3.70. The van der Waals surface area contributed by atoms with E-state index >= 15 is 0 Å². The molecule has 1 amide bonds. The minimum Gasteiger partial charge on any atom is -0.493 e. The zero-order valence-corrected chi connectivity index (χ0v) is 17.9. The molecule has 0 saturated heterocycles. The van der Waals surface area contributed by atoms with Crippen molar-refractivity contribution in [2.24, 2.45) is 0 Å². The van der Waals surface area contributed by atoms with Gasteiger partial charge in [0.2, 0.25) is 5.91 Å². The van der Waals surface area contributed by atoms with Gasteiger partial charge in [0, 0.05) is 11.8 Å². The topological polar surface area (TPSA) is 47.6 Å². The van der Waals surface area contributed by atoms with Gasteiger partial charge in [-0.3, -0.25) is 4.79 Å². The molecule has 0 fully saturated rings. The van der Waals surface area contributed by atoms with Crippen LogP contribution in [-0.2, 0) is 11.4 Å². The molecule has 4 nitrogen and oxygen atoms in total. The second kappa shape index (κ2) is 9.94. The summed E-state index contributed by atoms with van der Waals surface area (Å²) in [4.78, 5) is 12.2. The summed E-state index contributed by atoms with van der Waals surface area (Å²) in [5, 5.41) is 2.88. The van der Waals surface area contributed by atoms with Crippen LogP contribution in [0.3, 0.4) is 0 Å². The number of amides is 1. The summed E-state index contributed by atoms with van der Waals surface area (Å²) in [6, 6.07) is 21.3. The second-order valence-corrected chi connectivity index (χ2v) is 7.30. The first-order valence-corrected chi connectivity index (χ1v) is 9.95. The molecule has 0 bridgehead atoms. The first-order valence-electron chi connectivity index (χ1n) is 9.16. The van der Waals surface area contributed by atoms with Crippen LogP contribution in [0, 0.1) is 6.92 Å². The summed E-state index contributed by atoms with van der Waals surface area (Å²) in [7, 11) is 1.59. The molecule has 0 aromatic heterocycles. The molecule has 0 radical (unpaired) electrons. The molecule has 0 atom stereocenters. The molecule has 0 aliphatic rings. The van der Waals surface area contributed by atoms with Gasteiger partial charge in [0.15, 0.2) is 11.5 Å². The molecule has 0 heterocycles. The van der Waals surface area contributed by atoms with Crippen LogP contribution in [0.15, 0.2) is 77.3 Å². The number of nitrogens with one attached hydrogen (secondary N) is 1. The molecular weight excluding hydrogens is 430 g/mol. The molecule has 3 rings (SSSR count). The maximum atomic E-state index is 12.2. The number of benzene rings is 3. The quantitative estimate of drug-likeness (QED) is 0.448. The third-order valence-electron chi connectivity index (χ3n) is 4.31. The lowest BCUT2D eigenvalue weighted by molar-refractivity contribution is -0.111. The van der Waals surface area contributed by atoms with E-state index in [2.05, 4.69) is 21.2 Å². The fourth-order valence-electron chi connectivity index (χ4n) is 2.77. The summed E-state index contributed by atoms with van der Waals surface area (Å²) in [6.07, 6.45) is 3.24.